The van der Waals surface area contributed by atoms with Crippen LogP contribution in [0.4, 0.5) is 13.2 Å². The average Bonchev–Trinajstić information content (AvgIpc) is 2.37. The van der Waals surface area contributed by atoms with Crippen molar-refractivity contribution < 1.29 is 13.2 Å². The van der Waals surface area contributed by atoms with Crippen LogP contribution in [0.2, 0.25) is 0 Å². The molecule has 4 heteroatoms. The van der Waals surface area contributed by atoms with Crippen LogP contribution in [0.1, 0.15) is 12.5 Å². The van der Waals surface area contributed by atoms with Crippen molar-refractivity contribution in [1.82, 2.24) is 0 Å². The Morgan fingerprint density at radius 1 is 0.947 bits per heavy atom. The van der Waals surface area contributed by atoms with Gasteiger partial charge in [-0.05, 0) is 36.6 Å². The summed E-state index contributed by atoms with van der Waals surface area (Å²) in [5.41, 5.74) is 7.25. The maximum absolute atomic E-state index is 13.6. The third kappa shape index (κ3) is 2.96. The first-order chi connectivity index (χ1) is 8.99. The molecule has 0 aliphatic rings. The summed E-state index contributed by atoms with van der Waals surface area (Å²) in [6.45, 7) is 1.89. The van der Waals surface area contributed by atoms with E-state index in [0.29, 0.717) is 12.0 Å². The number of hydrogen-bond donors (Lipinski definition) is 1. The fourth-order valence-corrected chi connectivity index (χ4v) is 1.94. The van der Waals surface area contributed by atoms with Gasteiger partial charge in [-0.1, -0.05) is 24.3 Å². The van der Waals surface area contributed by atoms with Gasteiger partial charge in [0.05, 0.1) is 0 Å². The molecule has 2 N–H and O–H groups in total. The van der Waals surface area contributed by atoms with Crippen LogP contribution in [0.5, 0.6) is 0 Å². The van der Waals surface area contributed by atoms with Crippen molar-refractivity contribution in [3.05, 3.63) is 59.4 Å². The van der Waals surface area contributed by atoms with E-state index in [4.69, 9.17) is 5.73 Å². The standard InChI is InChI=1S/C15H14F3N/c1-9(19)8-10-2-4-11(5-3-10)12-6-7-13(16)15(18)14(12)17/h2-7,9H,8,19H2,1H3. The normalized spacial score (nSPS) is 12.5. The van der Waals surface area contributed by atoms with Gasteiger partial charge in [-0.3, -0.25) is 0 Å². The van der Waals surface area contributed by atoms with E-state index in [-0.39, 0.29) is 11.6 Å². The monoisotopic (exact) mass is 265 g/mol. The molecule has 0 heterocycles. The molecule has 0 aliphatic carbocycles. The lowest BCUT2D eigenvalue weighted by atomic mass is 10.0. The first kappa shape index (κ1) is 13.6. The molecule has 1 nitrogen and oxygen atoms in total. The summed E-state index contributed by atoms with van der Waals surface area (Å²) in [4.78, 5) is 0. The van der Waals surface area contributed by atoms with Crippen molar-refractivity contribution in [2.45, 2.75) is 19.4 Å². The predicted molar refractivity (Wildman–Crippen MR) is 69.1 cm³/mol. The molecule has 2 aromatic rings. The lowest BCUT2D eigenvalue weighted by Crippen LogP contribution is -2.17. The third-order valence-corrected chi connectivity index (χ3v) is 2.86. The summed E-state index contributed by atoms with van der Waals surface area (Å²) >= 11 is 0. The molecule has 0 saturated heterocycles. The van der Waals surface area contributed by atoms with E-state index in [1.54, 1.807) is 24.3 Å². The van der Waals surface area contributed by atoms with Crippen LogP contribution in [-0.2, 0) is 6.42 Å². The summed E-state index contributed by atoms with van der Waals surface area (Å²) in [5.74, 6) is -3.80. The Balaban J connectivity index is 2.35. The molecular formula is C15H14F3N. The average molecular weight is 265 g/mol. The highest BCUT2D eigenvalue weighted by Crippen LogP contribution is 2.26. The Labute approximate surface area is 109 Å². The lowest BCUT2D eigenvalue weighted by Gasteiger charge is -2.08. The van der Waals surface area contributed by atoms with E-state index in [0.717, 1.165) is 11.6 Å². The second-order valence-electron chi connectivity index (χ2n) is 4.60. The van der Waals surface area contributed by atoms with E-state index >= 15 is 0 Å². The van der Waals surface area contributed by atoms with E-state index in [1.165, 1.54) is 6.07 Å². The van der Waals surface area contributed by atoms with Crippen LogP contribution in [0, 0.1) is 17.5 Å². The van der Waals surface area contributed by atoms with Crippen LogP contribution < -0.4 is 5.73 Å². The Morgan fingerprint density at radius 2 is 1.58 bits per heavy atom. The van der Waals surface area contributed by atoms with Crippen molar-refractivity contribution in [1.29, 1.82) is 0 Å². The molecule has 2 rings (SSSR count). The highest BCUT2D eigenvalue weighted by molar-refractivity contribution is 5.64. The molecule has 0 radical (unpaired) electrons. The van der Waals surface area contributed by atoms with E-state index < -0.39 is 17.5 Å². The summed E-state index contributed by atoms with van der Waals surface area (Å²) in [5, 5.41) is 0. The van der Waals surface area contributed by atoms with Gasteiger partial charge in [0.1, 0.15) is 0 Å². The highest BCUT2D eigenvalue weighted by atomic mass is 19.2. The van der Waals surface area contributed by atoms with Crippen molar-refractivity contribution in [2.24, 2.45) is 5.73 Å². The zero-order valence-corrected chi connectivity index (χ0v) is 10.5. The summed E-state index contributed by atoms with van der Waals surface area (Å²) in [6.07, 6.45) is 0.709. The quantitative estimate of drug-likeness (QED) is 0.842. The maximum atomic E-state index is 13.6. The fourth-order valence-electron chi connectivity index (χ4n) is 1.94. The van der Waals surface area contributed by atoms with Gasteiger partial charge < -0.3 is 5.73 Å². The summed E-state index contributed by atoms with van der Waals surface area (Å²) in [7, 11) is 0. The van der Waals surface area contributed by atoms with Gasteiger partial charge in [-0.15, -0.1) is 0 Å². The van der Waals surface area contributed by atoms with Crippen molar-refractivity contribution in [3.63, 3.8) is 0 Å². The van der Waals surface area contributed by atoms with Gasteiger partial charge in [0, 0.05) is 11.6 Å². The molecular weight excluding hydrogens is 251 g/mol. The third-order valence-electron chi connectivity index (χ3n) is 2.86. The molecule has 0 spiro atoms. The topological polar surface area (TPSA) is 26.0 Å². The molecule has 100 valence electrons. The van der Waals surface area contributed by atoms with Gasteiger partial charge in [0.15, 0.2) is 17.5 Å². The number of nitrogens with two attached hydrogens (primary N) is 1. The summed E-state index contributed by atoms with van der Waals surface area (Å²) in [6, 6.07) is 9.14. The molecule has 0 amide bonds. The van der Waals surface area contributed by atoms with Gasteiger partial charge in [0.2, 0.25) is 0 Å². The van der Waals surface area contributed by atoms with Gasteiger partial charge in [-0.2, -0.15) is 0 Å². The molecule has 0 saturated carbocycles. The Kier molecular flexibility index (Phi) is 3.90. The van der Waals surface area contributed by atoms with Gasteiger partial charge >= 0.3 is 0 Å². The summed E-state index contributed by atoms with van der Waals surface area (Å²) < 4.78 is 39.6. The van der Waals surface area contributed by atoms with Crippen LogP contribution in [0.25, 0.3) is 11.1 Å². The van der Waals surface area contributed by atoms with E-state index in [9.17, 15) is 13.2 Å². The van der Waals surface area contributed by atoms with Gasteiger partial charge in [0.25, 0.3) is 0 Å². The molecule has 19 heavy (non-hydrogen) atoms. The van der Waals surface area contributed by atoms with Crippen molar-refractivity contribution >= 4 is 0 Å². The smallest absolute Gasteiger partial charge is 0.195 e. The minimum Gasteiger partial charge on any atom is -0.328 e. The van der Waals surface area contributed by atoms with Crippen molar-refractivity contribution in [3.8, 4) is 11.1 Å². The van der Waals surface area contributed by atoms with Crippen LogP contribution in [0.15, 0.2) is 36.4 Å². The van der Waals surface area contributed by atoms with Crippen LogP contribution in [-0.4, -0.2) is 6.04 Å². The zero-order chi connectivity index (χ0) is 14.0. The Morgan fingerprint density at radius 3 is 2.16 bits per heavy atom. The molecule has 0 fully saturated rings. The van der Waals surface area contributed by atoms with Crippen LogP contribution >= 0.6 is 0 Å². The number of hydrogen-bond acceptors (Lipinski definition) is 1. The molecule has 1 unspecified atom stereocenters. The molecule has 0 aliphatic heterocycles. The first-order valence-electron chi connectivity index (χ1n) is 5.97. The van der Waals surface area contributed by atoms with E-state index in [1.807, 2.05) is 6.92 Å². The molecule has 2 aromatic carbocycles. The Hall–Kier alpha value is -1.81. The van der Waals surface area contributed by atoms with Crippen LogP contribution in [0.3, 0.4) is 0 Å². The second-order valence-corrected chi connectivity index (χ2v) is 4.60. The predicted octanol–water partition coefficient (Wildman–Crippen LogP) is 3.66. The number of rotatable bonds is 3. The Bertz CT molecular complexity index is 577. The van der Waals surface area contributed by atoms with Crippen molar-refractivity contribution in [2.75, 3.05) is 0 Å². The molecule has 0 bridgehead atoms. The SMILES string of the molecule is CC(N)Cc1ccc(-c2ccc(F)c(F)c2F)cc1. The molecule has 1 atom stereocenters. The highest BCUT2D eigenvalue weighted by Gasteiger charge is 2.14. The zero-order valence-electron chi connectivity index (χ0n) is 10.5. The number of benzene rings is 2. The molecule has 0 aromatic heterocycles. The first-order valence-corrected chi connectivity index (χ1v) is 5.97. The minimum atomic E-state index is -1.45. The lowest BCUT2D eigenvalue weighted by molar-refractivity contribution is 0.449. The fraction of sp³-hybridized carbons (Fsp3) is 0.200. The maximum Gasteiger partial charge on any atom is 0.195 e. The van der Waals surface area contributed by atoms with Gasteiger partial charge in [-0.25, -0.2) is 13.2 Å². The van der Waals surface area contributed by atoms with E-state index in [2.05, 4.69) is 0 Å². The minimum absolute atomic E-state index is 0.0332. The largest absolute Gasteiger partial charge is 0.328 e. The number of halogens is 3. The second kappa shape index (κ2) is 5.45.